The third-order valence-electron chi connectivity index (χ3n) is 5.04. The molecule has 146 valence electrons. The van der Waals surface area contributed by atoms with Crippen molar-refractivity contribution in [2.75, 3.05) is 19.7 Å². The molecular formula is C21H22FN3O2S. The van der Waals surface area contributed by atoms with E-state index in [0.717, 1.165) is 40.9 Å². The molecule has 2 atom stereocenters. The van der Waals surface area contributed by atoms with Crippen LogP contribution in [0.25, 0.3) is 21.3 Å². The van der Waals surface area contributed by atoms with Gasteiger partial charge in [-0.3, -0.25) is 4.79 Å². The van der Waals surface area contributed by atoms with Gasteiger partial charge in [-0.1, -0.05) is 26.0 Å². The number of rotatable bonds is 4. The lowest BCUT2D eigenvalue weighted by atomic mass is 9.92. The van der Waals surface area contributed by atoms with Crippen molar-refractivity contribution in [1.29, 1.82) is 0 Å². The van der Waals surface area contributed by atoms with Crippen LogP contribution >= 0.6 is 11.3 Å². The summed E-state index contributed by atoms with van der Waals surface area (Å²) in [7, 11) is 0. The summed E-state index contributed by atoms with van der Waals surface area (Å²) in [6.45, 7) is 5.83. The molecule has 7 heteroatoms. The number of benzene rings is 1. The number of amides is 1. The fourth-order valence-corrected chi connectivity index (χ4v) is 4.79. The standard InChI is InChI=1S/C21H22FN3O2S/c1-13-7-14(2)9-25(8-13)18(26)10-27-20-19-17(11-28-21(19)24-12-23-20)15-3-5-16(22)6-4-15/h3-6,11-14H,7-10H2,1-2H3/t13-,14+. The predicted octanol–water partition coefficient (Wildman–Crippen LogP) is 4.38. The molecule has 3 heterocycles. The van der Waals surface area contributed by atoms with Gasteiger partial charge < -0.3 is 9.64 Å². The fraction of sp³-hybridized carbons (Fsp3) is 0.381. The third-order valence-corrected chi connectivity index (χ3v) is 5.93. The number of aromatic nitrogens is 2. The maximum Gasteiger partial charge on any atom is 0.260 e. The number of hydrogen-bond donors (Lipinski definition) is 0. The summed E-state index contributed by atoms with van der Waals surface area (Å²) in [4.78, 5) is 23.9. The van der Waals surface area contributed by atoms with Gasteiger partial charge in [0, 0.05) is 24.0 Å². The number of carbonyl (C=O) groups is 1. The molecule has 0 aliphatic carbocycles. The van der Waals surface area contributed by atoms with Crippen molar-refractivity contribution in [1.82, 2.24) is 14.9 Å². The molecule has 5 nitrogen and oxygen atoms in total. The first-order valence-electron chi connectivity index (χ1n) is 9.40. The average Bonchev–Trinajstić information content (AvgIpc) is 3.10. The zero-order chi connectivity index (χ0) is 19.7. The number of carbonyl (C=O) groups excluding carboxylic acids is 1. The molecule has 1 saturated heterocycles. The molecule has 1 aromatic carbocycles. The maximum atomic E-state index is 13.3. The first kappa shape index (κ1) is 18.8. The fourth-order valence-electron chi connectivity index (χ4n) is 3.89. The second-order valence-electron chi connectivity index (χ2n) is 7.55. The minimum atomic E-state index is -0.286. The van der Waals surface area contributed by atoms with Gasteiger partial charge in [0.25, 0.3) is 5.91 Å². The van der Waals surface area contributed by atoms with E-state index < -0.39 is 0 Å². The van der Waals surface area contributed by atoms with E-state index in [1.165, 1.54) is 29.8 Å². The van der Waals surface area contributed by atoms with Crippen LogP contribution in [0.5, 0.6) is 5.88 Å². The molecule has 0 saturated carbocycles. The SMILES string of the molecule is C[C@@H]1C[C@H](C)CN(C(=O)COc2ncnc3scc(-c4ccc(F)cc4)c23)C1. The summed E-state index contributed by atoms with van der Waals surface area (Å²) < 4.78 is 19.1. The van der Waals surface area contributed by atoms with Crippen molar-refractivity contribution < 1.29 is 13.9 Å². The number of thiophene rings is 1. The second-order valence-corrected chi connectivity index (χ2v) is 8.41. The van der Waals surface area contributed by atoms with Gasteiger partial charge in [-0.05, 0) is 36.0 Å². The minimum Gasteiger partial charge on any atom is -0.467 e. The molecule has 1 amide bonds. The Hall–Kier alpha value is -2.54. The van der Waals surface area contributed by atoms with Crippen LogP contribution in [0.1, 0.15) is 20.3 Å². The smallest absolute Gasteiger partial charge is 0.260 e. The maximum absolute atomic E-state index is 13.3. The Morgan fingerprint density at radius 3 is 2.64 bits per heavy atom. The van der Waals surface area contributed by atoms with Gasteiger partial charge in [0.1, 0.15) is 17.0 Å². The van der Waals surface area contributed by atoms with Gasteiger partial charge in [0.15, 0.2) is 6.61 Å². The lowest BCUT2D eigenvalue weighted by molar-refractivity contribution is -0.136. The highest BCUT2D eigenvalue weighted by molar-refractivity contribution is 7.17. The lowest BCUT2D eigenvalue weighted by Gasteiger charge is -2.34. The average molecular weight is 399 g/mol. The Bertz CT molecular complexity index is 979. The number of fused-ring (bicyclic) bond motifs is 1. The zero-order valence-corrected chi connectivity index (χ0v) is 16.7. The van der Waals surface area contributed by atoms with E-state index >= 15 is 0 Å². The Morgan fingerprint density at radius 1 is 1.21 bits per heavy atom. The van der Waals surface area contributed by atoms with E-state index in [0.29, 0.717) is 17.7 Å². The molecule has 0 spiro atoms. The molecule has 4 rings (SSSR count). The summed E-state index contributed by atoms with van der Waals surface area (Å²) in [5.41, 5.74) is 1.74. The first-order valence-corrected chi connectivity index (χ1v) is 10.3. The number of likely N-dealkylation sites (tertiary alicyclic amines) is 1. The first-order chi connectivity index (χ1) is 13.5. The molecule has 2 aromatic heterocycles. The van der Waals surface area contributed by atoms with E-state index in [1.54, 1.807) is 12.1 Å². The topological polar surface area (TPSA) is 55.3 Å². The van der Waals surface area contributed by atoms with Crippen molar-refractivity contribution in [3.05, 3.63) is 41.8 Å². The molecule has 28 heavy (non-hydrogen) atoms. The molecule has 3 aromatic rings. The third kappa shape index (κ3) is 3.85. The predicted molar refractivity (Wildman–Crippen MR) is 108 cm³/mol. The second kappa shape index (κ2) is 7.83. The van der Waals surface area contributed by atoms with Crippen molar-refractivity contribution in [3.8, 4) is 17.0 Å². The summed E-state index contributed by atoms with van der Waals surface area (Å²) in [5.74, 6) is 1.08. The molecule has 0 radical (unpaired) electrons. The number of hydrogen-bond acceptors (Lipinski definition) is 5. The van der Waals surface area contributed by atoms with Gasteiger partial charge in [-0.15, -0.1) is 11.3 Å². The van der Waals surface area contributed by atoms with Gasteiger partial charge in [0.2, 0.25) is 5.88 Å². The van der Waals surface area contributed by atoms with Gasteiger partial charge >= 0.3 is 0 Å². The number of nitrogens with zero attached hydrogens (tertiary/aromatic N) is 3. The molecule has 1 aliphatic rings. The van der Waals surface area contributed by atoms with Crippen molar-refractivity contribution >= 4 is 27.5 Å². The lowest BCUT2D eigenvalue weighted by Crippen LogP contribution is -2.44. The molecule has 1 fully saturated rings. The number of ether oxygens (including phenoxy) is 1. The van der Waals surface area contributed by atoms with Crippen LogP contribution in [-0.2, 0) is 4.79 Å². The van der Waals surface area contributed by atoms with E-state index in [4.69, 9.17) is 4.74 Å². The van der Waals surface area contributed by atoms with Gasteiger partial charge in [-0.25, -0.2) is 14.4 Å². The van der Waals surface area contributed by atoms with Crippen molar-refractivity contribution in [2.24, 2.45) is 11.8 Å². The van der Waals surface area contributed by atoms with E-state index in [-0.39, 0.29) is 18.3 Å². The van der Waals surface area contributed by atoms with Gasteiger partial charge in [-0.2, -0.15) is 0 Å². The molecule has 1 aliphatic heterocycles. The quantitative estimate of drug-likeness (QED) is 0.653. The van der Waals surface area contributed by atoms with Crippen molar-refractivity contribution in [3.63, 3.8) is 0 Å². The van der Waals surface area contributed by atoms with Crippen LogP contribution in [0, 0.1) is 17.7 Å². The number of piperidine rings is 1. The summed E-state index contributed by atoms with van der Waals surface area (Å²) in [5, 5.41) is 2.71. The minimum absolute atomic E-state index is 0.0243. The molecule has 0 N–H and O–H groups in total. The Morgan fingerprint density at radius 2 is 1.93 bits per heavy atom. The zero-order valence-electron chi connectivity index (χ0n) is 15.9. The molecule has 0 unspecified atom stereocenters. The van der Waals surface area contributed by atoms with E-state index in [1.807, 2.05) is 10.3 Å². The monoisotopic (exact) mass is 399 g/mol. The Balaban J connectivity index is 1.56. The normalized spacial score (nSPS) is 19.8. The van der Waals surface area contributed by atoms with Crippen LogP contribution in [0.4, 0.5) is 4.39 Å². The van der Waals surface area contributed by atoms with Crippen LogP contribution in [0.2, 0.25) is 0 Å². The highest BCUT2D eigenvalue weighted by Crippen LogP contribution is 2.37. The molecule has 0 bridgehead atoms. The number of halogens is 1. The van der Waals surface area contributed by atoms with Crippen LogP contribution in [0.15, 0.2) is 36.0 Å². The highest BCUT2D eigenvalue weighted by Gasteiger charge is 2.26. The summed E-state index contributed by atoms with van der Waals surface area (Å²) in [6, 6.07) is 6.28. The van der Waals surface area contributed by atoms with Crippen molar-refractivity contribution in [2.45, 2.75) is 20.3 Å². The summed E-state index contributed by atoms with van der Waals surface area (Å²) >= 11 is 1.47. The summed E-state index contributed by atoms with van der Waals surface area (Å²) in [6.07, 6.45) is 2.59. The largest absolute Gasteiger partial charge is 0.467 e. The molecular weight excluding hydrogens is 377 g/mol. The van der Waals surface area contributed by atoms with E-state index in [2.05, 4.69) is 23.8 Å². The van der Waals surface area contributed by atoms with Crippen LogP contribution in [0.3, 0.4) is 0 Å². The van der Waals surface area contributed by atoms with Crippen LogP contribution in [-0.4, -0.2) is 40.5 Å². The van der Waals surface area contributed by atoms with E-state index in [9.17, 15) is 9.18 Å². The highest BCUT2D eigenvalue weighted by atomic mass is 32.1. The van der Waals surface area contributed by atoms with Crippen LogP contribution < -0.4 is 4.74 Å². The Labute approximate surface area is 167 Å². The van der Waals surface area contributed by atoms with Gasteiger partial charge in [0.05, 0.1) is 5.39 Å². The Kier molecular flexibility index (Phi) is 5.26.